The van der Waals surface area contributed by atoms with Crippen LogP contribution in [0, 0.1) is 0 Å². The average Bonchev–Trinajstić information content (AvgIpc) is 2.32. The van der Waals surface area contributed by atoms with E-state index in [0.29, 0.717) is 5.69 Å². The summed E-state index contributed by atoms with van der Waals surface area (Å²) in [5.41, 5.74) is 6.38. The maximum atomic E-state index is 10.7. The van der Waals surface area contributed by atoms with Crippen LogP contribution in [0.4, 0.5) is 0 Å². The van der Waals surface area contributed by atoms with Crippen LogP contribution in [0.3, 0.4) is 0 Å². The van der Waals surface area contributed by atoms with Crippen LogP contribution in [-0.4, -0.2) is 16.1 Å². The highest BCUT2D eigenvalue weighted by molar-refractivity contribution is 5.92. The lowest BCUT2D eigenvalue weighted by atomic mass is 10.0. The topological polar surface area (TPSA) is 71.8 Å². The third kappa shape index (κ3) is 1.39. The zero-order valence-electron chi connectivity index (χ0n) is 6.59. The number of H-pyrrole nitrogens is 1. The summed E-state index contributed by atoms with van der Waals surface area (Å²) < 4.78 is 0. The van der Waals surface area contributed by atoms with E-state index in [1.54, 1.807) is 6.20 Å². The van der Waals surface area contributed by atoms with Crippen LogP contribution in [0.25, 0.3) is 0 Å². The minimum atomic E-state index is -0.453. The number of hydrogen-bond donors (Lipinski definition) is 2. The van der Waals surface area contributed by atoms with Gasteiger partial charge in [-0.15, -0.1) is 0 Å². The monoisotopic (exact) mass is 153 g/mol. The summed E-state index contributed by atoms with van der Waals surface area (Å²) in [7, 11) is 0. The maximum absolute atomic E-state index is 10.7. The summed E-state index contributed by atoms with van der Waals surface area (Å²) >= 11 is 0. The molecule has 0 aliphatic carbocycles. The second-order valence-electron chi connectivity index (χ2n) is 2.72. The first-order valence-electron chi connectivity index (χ1n) is 3.46. The van der Waals surface area contributed by atoms with Gasteiger partial charge >= 0.3 is 0 Å². The number of amides is 1. The molecule has 1 heterocycles. The van der Waals surface area contributed by atoms with Gasteiger partial charge in [0.15, 0.2) is 0 Å². The summed E-state index contributed by atoms with van der Waals surface area (Å²) in [5.74, 6) is -0.178. The summed E-state index contributed by atoms with van der Waals surface area (Å²) in [5, 5.41) is 6.30. The molecule has 0 saturated carbocycles. The maximum Gasteiger partial charge on any atom is 0.267 e. The van der Waals surface area contributed by atoms with E-state index in [2.05, 4.69) is 10.2 Å². The molecule has 1 aromatic heterocycles. The highest BCUT2D eigenvalue weighted by Crippen LogP contribution is 2.15. The zero-order chi connectivity index (χ0) is 8.43. The highest BCUT2D eigenvalue weighted by atomic mass is 16.1. The summed E-state index contributed by atoms with van der Waals surface area (Å²) in [6, 6.07) is 0. The van der Waals surface area contributed by atoms with Crippen LogP contribution >= 0.6 is 0 Å². The smallest absolute Gasteiger partial charge is 0.267 e. The van der Waals surface area contributed by atoms with Crippen molar-refractivity contribution < 1.29 is 4.79 Å². The van der Waals surface area contributed by atoms with E-state index in [0.717, 1.165) is 5.56 Å². The molecule has 0 spiro atoms. The zero-order valence-corrected chi connectivity index (χ0v) is 6.59. The Morgan fingerprint density at radius 3 is 2.73 bits per heavy atom. The molecular formula is C7H11N3O. The molecule has 0 bridgehead atoms. The first kappa shape index (κ1) is 7.78. The molecule has 0 aliphatic heterocycles. The molecule has 4 heteroatoms. The number of aromatic nitrogens is 2. The molecular weight excluding hydrogens is 142 g/mol. The fourth-order valence-corrected chi connectivity index (χ4v) is 0.931. The van der Waals surface area contributed by atoms with Crippen LogP contribution in [0.1, 0.15) is 35.8 Å². The Kier molecular flexibility index (Phi) is 1.94. The largest absolute Gasteiger partial charge is 0.364 e. The van der Waals surface area contributed by atoms with Crippen molar-refractivity contribution in [3.8, 4) is 0 Å². The van der Waals surface area contributed by atoms with E-state index in [4.69, 9.17) is 5.73 Å². The number of nitrogens with zero attached hydrogens (tertiary/aromatic N) is 1. The van der Waals surface area contributed by atoms with E-state index in [-0.39, 0.29) is 5.92 Å². The van der Waals surface area contributed by atoms with Gasteiger partial charge in [-0.1, -0.05) is 13.8 Å². The third-order valence-electron chi connectivity index (χ3n) is 1.54. The molecule has 0 fully saturated rings. The van der Waals surface area contributed by atoms with Crippen molar-refractivity contribution in [2.75, 3.05) is 0 Å². The van der Waals surface area contributed by atoms with Crippen LogP contribution in [0.15, 0.2) is 6.20 Å². The summed E-state index contributed by atoms with van der Waals surface area (Å²) in [6.45, 7) is 3.97. The molecule has 60 valence electrons. The summed E-state index contributed by atoms with van der Waals surface area (Å²) in [4.78, 5) is 10.7. The van der Waals surface area contributed by atoms with Gasteiger partial charge in [0.1, 0.15) is 5.69 Å². The number of hydrogen-bond acceptors (Lipinski definition) is 2. The van der Waals surface area contributed by atoms with E-state index in [1.807, 2.05) is 13.8 Å². The standard InChI is InChI=1S/C7H11N3O/c1-4(2)5-3-9-10-6(5)7(8)11/h3-4H,1-2H3,(H2,8,11)(H,9,10). The Bertz CT molecular complexity index is 264. The van der Waals surface area contributed by atoms with Gasteiger partial charge in [-0.25, -0.2) is 0 Å². The molecule has 0 saturated heterocycles. The van der Waals surface area contributed by atoms with Gasteiger partial charge in [-0.05, 0) is 5.92 Å². The molecule has 0 radical (unpaired) electrons. The Morgan fingerprint density at radius 2 is 2.36 bits per heavy atom. The van der Waals surface area contributed by atoms with Crippen molar-refractivity contribution in [2.24, 2.45) is 5.73 Å². The van der Waals surface area contributed by atoms with Crippen LogP contribution < -0.4 is 5.73 Å². The molecule has 4 nitrogen and oxygen atoms in total. The lowest BCUT2D eigenvalue weighted by Crippen LogP contribution is -2.14. The Labute approximate surface area is 64.8 Å². The second kappa shape index (κ2) is 2.74. The van der Waals surface area contributed by atoms with Gasteiger partial charge in [0.25, 0.3) is 5.91 Å². The van der Waals surface area contributed by atoms with Crippen molar-refractivity contribution >= 4 is 5.91 Å². The molecule has 11 heavy (non-hydrogen) atoms. The van der Waals surface area contributed by atoms with Crippen molar-refractivity contribution in [1.29, 1.82) is 0 Å². The highest BCUT2D eigenvalue weighted by Gasteiger charge is 2.12. The van der Waals surface area contributed by atoms with Gasteiger partial charge < -0.3 is 5.73 Å². The van der Waals surface area contributed by atoms with E-state index >= 15 is 0 Å². The number of nitrogens with two attached hydrogens (primary N) is 1. The van der Waals surface area contributed by atoms with Crippen molar-refractivity contribution in [3.05, 3.63) is 17.5 Å². The van der Waals surface area contributed by atoms with E-state index in [1.165, 1.54) is 0 Å². The number of nitrogens with one attached hydrogen (secondary N) is 1. The van der Waals surface area contributed by atoms with Crippen LogP contribution in [0.5, 0.6) is 0 Å². The van der Waals surface area contributed by atoms with Gasteiger partial charge in [0.05, 0.1) is 6.20 Å². The average molecular weight is 153 g/mol. The van der Waals surface area contributed by atoms with Crippen molar-refractivity contribution in [2.45, 2.75) is 19.8 Å². The quantitative estimate of drug-likeness (QED) is 0.654. The molecule has 3 N–H and O–H groups in total. The Balaban J connectivity index is 3.06. The number of aromatic amines is 1. The van der Waals surface area contributed by atoms with Gasteiger partial charge in [0, 0.05) is 5.56 Å². The fourth-order valence-electron chi connectivity index (χ4n) is 0.931. The lowest BCUT2D eigenvalue weighted by Gasteiger charge is -2.01. The first-order chi connectivity index (χ1) is 5.13. The number of rotatable bonds is 2. The second-order valence-corrected chi connectivity index (χ2v) is 2.72. The molecule has 0 unspecified atom stereocenters. The predicted molar refractivity (Wildman–Crippen MR) is 41.2 cm³/mol. The third-order valence-corrected chi connectivity index (χ3v) is 1.54. The van der Waals surface area contributed by atoms with Crippen molar-refractivity contribution in [1.82, 2.24) is 10.2 Å². The molecule has 0 aromatic carbocycles. The van der Waals surface area contributed by atoms with Crippen LogP contribution in [0.2, 0.25) is 0 Å². The Hall–Kier alpha value is -1.32. The van der Waals surface area contributed by atoms with Gasteiger partial charge in [0.2, 0.25) is 0 Å². The van der Waals surface area contributed by atoms with E-state index < -0.39 is 5.91 Å². The molecule has 1 aromatic rings. The fraction of sp³-hybridized carbons (Fsp3) is 0.429. The minimum Gasteiger partial charge on any atom is -0.364 e. The molecule has 0 aliphatic rings. The number of primary amides is 1. The SMILES string of the molecule is CC(C)c1cn[nH]c1C(N)=O. The lowest BCUT2D eigenvalue weighted by molar-refractivity contribution is 0.0994. The minimum absolute atomic E-state index is 0.274. The molecule has 0 atom stereocenters. The van der Waals surface area contributed by atoms with Crippen molar-refractivity contribution in [3.63, 3.8) is 0 Å². The normalized spacial score (nSPS) is 10.5. The molecule has 1 rings (SSSR count). The first-order valence-corrected chi connectivity index (χ1v) is 3.46. The number of carbonyl (C=O) groups excluding carboxylic acids is 1. The summed E-state index contributed by atoms with van der Waals surface area (Å²) in [6.07, 6.45) is 1.63. The van der Waals surface area contributed by atoms with Gasteiger partial charge in [-0.2, -0.15) is 5.10 Å². The van der Waals surface area contributed by atoms with Crippen LogP contribution in [-0.2, 0) is 0 Å². The van der Waals surface area contributed by atoms with Gasteiger partial charge in [-0.3, -0.25) is 9.89 Å². The number of carbonyl (C=O) groups is 1. The predicted octanol–water partition coefficient (Wildman–Crippen LogP) is 0.632. The Morgan fingerprint density at radius 1 is 1.73 bits per heavy atom. The van der Waals surface area contributed by atoms with E-state index in [9.17, 15) is 4.79 Å². The molecule has 1 amide bonds.